The maximum atomic E-state index is 5.80. The van der Waals surface area contributed by atoms with Gasteiger partial charge in [-0.2, -0.15) is 0 Å². The van der Waals surface area contributed by atoms with Crippen molar-refractivity contribution in [1.29, 1.82) is 0 Å². The smallest absolute Gasteiger partial charge is 0.274 e. The summed E-state index contributed by atoms with van der Waals surface area (Å²) in [6.07, 6.45) is 2.42. The Labute approximate surface area is 89.7 Å². The number of para-hydroxylation sites is 1. The zero-order valence-electron chi connectivity index (χ0n) is 8.61. The van der Waals surface area contributed by atoms with Crippen molar-refractivity contribution in [2.24, 2.45) is 0 Å². The Morgan fingerprint density at radius 2 is 2.27 bits per heavy atom. The highest BCUT2D eigenvalue weighted by Gasteiger charge is 2.35. The van der Waals surface area contributed by atoms with E-state index in [1.165, 1.54) is 0 Å². The third kappa shape index (κ3) is 2.37. The molecule has 3 heteroatoms. The second-order valence-corrected chi connectivity index (χ2v) is 3.44. The quantitative estimate of drug-likeness (QED) is 0.762. The molecule has 1 aromatic carbocycles. The highest BCUT2D eigenvalue weighted by molar-refractivity contribution is 5.21. The van der Waals surface area contributed by atoms with Crippen LogP contribution in [0.15, 0.2) is 43.0 Å². The monoisotopic (exact) mass is 205 g/mol. The van der Waals surface area contributed by atoms with Gasteiger partial charge in [0.2, 0.25) is 0 Å². The predicted octanol–water partition coefficient (Wildman–Crippen LogP) is 1.92. The summed E-state index contributed by atoms with van der Waals surface area (Å²) in [5.74, 6) is 0.0806. The molecule has 0 amide bonds. The van der Waals surface area contributed by atoms with Crippen LogP contribution in [0.2, 0.25) is 0 Å². The van der Waals surface area contributed by atoms with Crippen LogP contribution in [0.1, 0.15) is 6.42 Å². The average molecular weight is 205 g/mol. The molecule has 15 heavy (non-hydrogen) atoms. The fourth-order valence-electron chi connectivity index (χ4n) is 1.62. The molecule has 1 heterocycles. The first kappa shape index (κ1) is 10.2. The lowest BCUT2D eigenvalue weighted by molar-refractivity contribution is -0.160. The third-order valence-corrected chi connectivity index (χ3v) is 2.27. The Morgan fingerprint density at radius 3 is 2.87 bits per heavy atom. The van der Waals surface area contributed by atoms with Crippen molar-refractivity contribution in [3.63, 3.8) is 0 Å². The minimum atomic E-state index is -0.719. The first-order chi connectivity index (χ1) is 7.35. The van der Waals surface area contributed by atoms with E-state index in [2.05, 4.69) is 11.9 Å². The van der Waals surface area contributed by atoms with Crippen molar-refractivity contribution in [2.45, 2.75) is 12.3 Å². The van der Waals surface area contributed by atoms with Gasteiger partial charge in [-0.05, 0) is 12.1 Å². The maximum Gasteiger partial charge on any atom is 0.274 e. The van der Waals surface area contributed by atoms with Crippen molar-refractivity contribution in [2.75, 3.05) is 13.2 Å². The van der Waals surface area contributed by atoms with Crippen LogP contribution in [-0.2, 0) is 4.74 Å². The van der Waals surface area contributed by atoms with Gasteiger partial charge in [0.1, 0.15) is 5.75 Å². The molecule has 0 spiro atoms. The van der Waals surface area contributed by atoms with E-state index < -0.39 is 5.91 Å². The van der Waals surface area contributed by atoms with Crippen LogP contribution >= 0.6 is 0 Å². The minimum Gasteiger partial charge on any atom is -0.449 e. The Morgan fingerprint density at radius 1 is 1.47 bits per heavy atom. The number of rotatable bonds is 4. The molecule has 0 bridgehead atoms. The molecular weight excluding hydrogens is 190 g/mol. The van der Waals surface area contributed by atoms with Crippen LogP contribution in [0.3, 0.4) is 0 Å². The van der Waals surface area contributed by atoms with E-state index >= 15 is 0 Å². The summed E-state index contributed by atoms with van der Waals surface area (Å²) in [6.45, 7) is 5.18. The molecule has 3 nitrogen and oxygen atoms in total. The Hall–Kier alpha value is -1.32. The van der Waals surface area contributed by atoms with Gasteiger partial charge in [0.05, 0.1) is 6.61 Å². The van der Waals surface area contributed by atoms with Crippen LogP contribution in [0.5, 0.6) is 5.75 Å². The first-order valence-electron chi connectivity index (χ1n) is 5.09. The lowest BCUT2D eigenvalue weighted by Gasteiger charge is -2.28. The summed E-state index contributed by atoms with van der Waals surface area (Å²) >= 11 is 0. The third-order valence-electron chi connectivity index (χ3n) is 2.27. The summed E-state index contributed by atoms with van der Waals surface area (Å²) < 4.78 is 11.4. The van der Waals surface area contributed by atoms with Crippen molar-refractivity contribution in [3.05, 3.63) is 43.0 Å². The summed E-state index contributed by atoms with van der Waals surface area (Å²) in [7, 11) is 0. The second kappa shape index (κ2) is 4.47. The number of hydrogen-bond acceptors (Lipinski definition) is 3. The standard InChI is InChI=1S/C12H15NO2/c1-2-8-12(13-9-10-14-12)15-11-6-4-3-5-7-11/h2-7,13H,1,8-10H2. The molecular formula is C12H15NO2. The molecule has 1 atom stereocenters. The van der Waals surface area contributed by atoms with Crippen molar-refractivity contribution in [1.82, 2.24) is 5.32 Å². The molecule has 1 aliphatic rings. The van der Waals surface area contributed by atoms with Gasteiger partial charge in [-0.15, -0.1) is 6.58 Å². The molecule has 80 valence electrons. The maximum absolute atomic E-state index is 5.80. The van der Waals surface area contributed by atoms with Crippen molar-refractivity contribution >= 4 is 0 Å². The van der Waals surface area contributed by atoms with E-state index in [-0.39, 0.29) is 0 Å². The second-order valence-electron chi connectivity index (χ2n) is 3.44. The molecule has 0 aliphatic carbocycles. The topological polar surface area (TPSA) is 30.5 Å². The molecule has 2 rings (SSSR count). The summed E-state index contributed by atoms with van der Waals surface area (Å²) in [4.78, 5) is 0. The molecule has 1 unspecified atom stereocenters. The van der Waals surface area contributed by atoms with Crippen molar-refractivity contribution < 1.29 is 9.47 Å². The molecule has 0 saturated carbocycles. The van der Waals surface area contributed by atoms with Crippen LogP contribution in [-0.4, -0.2) is 19.1 Å². The van der Waals surface area contributed by atoms with Crippen LogP contribution in [0, 0.1) is 0 Å². The lowest BCUT2D eigenvalue weighted by atomic mass is 10.3. The van der Waals surface area contributed by atoms with Gasteiger partial charge in [-0.1, -0.05) is 24.3 Å². The Balaban J connectivity index is 2.10. The minimum absolute atomic E-state index is 0.627. The molecule has 0 radical (unpaired) electrons. The zero-order valence-corrected chi connectivity index (χ0v) is 8.61. The first-order valence-corrected chi connectivity index (χ1v) is 5.09. The summed E-state index contributed by atoms with van der Waals surface area (Å²) in [5, 5.41) is 3.20. The Kier molecular flexibility index (Phi) is 3.04. The van der Waals surface area contributed by atoms with Crippen LogP contribution in [0.25, 0.3) is 0 Å². The predicted molar refractivity (Wildman–Crippen MR) is 58.6 cm³/mol. The molecule has 0 aromatic heterocycles. The van der Waals surface area contributed by atoms with E-state index in [9.17, 15) is 0 Å². The number of nitrogens with one attached hydrogen (secondary N) is 1. The average Bonchev–Trinajstić information content (AvgIpc) is 2.69. The normalized spacial score (nSPS) is 25.1. The SMILES string of the molecule is C=CCC1(Oc2ccccc2)NCCO1. The fourth-order valence-corrected chi connectivity index (χ4v) is 1.62. The van der Waals surface area contributed by atoms with E-state index in [0.717, 1.165) is 12.3 Å². The lowest BCUT2D eigenvalue weighted by Crippen LogP contribution is -2.46. The van der Waals surface area contributed by atoms with Gasteiger partial charge in [-0.3, -0.25) is 5.32 Å². The van der Waals surface area contributed by atoms with E-state index in [1.54, 1.807) is 6.08 Å². The van der Waals surface area contributed by atoms with Gasteiger partial charge in [0, 0.05) is 13.0 Å². The molecule has 1 aliphatic heterocycles. The van der Waals surface area contributed by atoms with Gasteiger partial charge in [0.25, 0.3) is 5.91 Å². The van der Waals surface area contributed by atoms with Gasteiger partial charge >= 0.3 is 0 Å². The van der Waals surface area contributed by atoms with Gasteiger partial charge < -0.3 is 9.47 Å². The Bertz CT molecular complexity index is 318. The van der Waals surface area contributed by atoms with Crippen molar-refractivity contribution in [3.8, 4) is 5.75 Å². The van der Waals surface area contributed by atoms with E-state index in [1.807, 2.05) is 30.3 Å². The van der Waals surface area contributed by atoms with Gasteiger partial charge in [0.15, 0.2) is 0 Å². The molecule has 1 N–H and O–H groups in total. The summed E-state index contributed by atoms with van der Waals surface area (Å²) in [6, 6.07) is 9.65. The summed E-state index contributed by atoms with van der Waals surface area (Å²) in [5.41, 5.74) is 0. The van der Waals surface area contributed by atoms with Gasteiger partial charge in [-0.25, -0.2) is 0 Å². The highest BCUT2D eigenvalue weighted by atomic mass is 16.7. The van der Waals surface area contributed by atoms with Crippen LogP contribution < -0.4 is 10.1 Å². The van der Waals surface area contributed by atoms with Crippen LogP contribution in [0.4, 0.5) is 0 Å². The van der Waals surface area contributed by atoms with E-state index in [0.29, 0.717) is 13.0 Å². The largest absolute Gasteiger partial charge is 0.449 e. The highest BCUT2D eigenvalue weighted by Crippen LogP contribution is 2.23. The number of ether oxygens (including phenoxy) is 2. The zero-order chi connectivity index (χ0) is 10.6. The fraction of sp³-hybridized carbons (Fsp3) is 0.333. The number of hydrogen-bond donors (Lipinski definition) is 1. The molecule has 1 fully saturated rings. The number of benzene rings is 1. The molecule has 1 saturated heterocycles. The molecule has 1 aromatic rings. The van der Waals surface area contributed by atoms with E-state index in [4.69, 9.17) is 9.47 Å².